The van der Waals surface area contributed by atoms with E-state index in [-0.39, 0.29) is 5.41 Å². The summed E-state index contributed by atoms with van der Waals surface area (Å²) in [7, 11) is 0. The second kappa shape index (κ2) is 6.95. The molecule has 2 fully saturated rings. The molecule has 5 nitrogen and oxygen atoms in total. The van der Waals surface area contributed by atoms with Gasteiger partial charge in [-0.15, -0.1) is 0 Å². The zero-order chi connectivity index (χ0) is 16.2. The summed E-state index contributed by atoms with van der Waals surface area (Å²) in [4.78, 5) is 9.24. The van der Waals surface area contributed by atoms with Crippen molar-refractivity contribution < 1.29 is 9.15 Å². The van der Waals surface area contributed by atoms with Crippen molar-refractivity contribution in [2.45, 2.75) is 19.4 Å². The molecule has 2 aliphatic heterocycles. The molecule has 4 rings (SSSR count). The van der Waals surface area contributed by atoms with Crippen LogP contribution >= 0.6 is 0 Å². The SMILES string of the molecule is c1cncc(N2CCOC[C@@]3(CCCN(Cc4ccco4)C3)C2)c1. The summed E-state index contributed by atoms with van der Waals surface area (Å²) >= 11 is 0. The average Bonchev–Trinajstić information content (AvgIpc) is 3.03. The van der Waals surface area contributed by atoms with Gasteiger partial charge in [0.15, 0.2) is 0 Å². The Morgan fingerprint density at radius 1 is 1.17 bits per heavy atom. The van der Waals surface area contributed by atoms with Crippen molar-refractivity contribution in [3.63, 3.8) is 0 Å². The summed E-state index contributed by atoms with van der Waals surface area (Å²) in [6, 6.07) is 8.19. The van der Waals surface area contributed by atoms with Gasteiger partial charge in [-0.3, -0.25) is 9.88 Å². The van der Waals surface area contributed by atoms with Crippen LogP contribution in [0.1, 0.15) is 18.6 Å². The van der Waals surface area contributed by atoms with Crippen molar-refractivity contribution in [2.75, 3.05) is 44.3 Å². The number of anilines is 1. The molecule has 128 valence electrons. The lowest BCUT2D eigenvalue weighted by Crippen LogP contribution is -2.50. The highest BCUT2D eigenvalue weighted by Gasteiger charge is 2.39. The van der Waals surface area contributed by atoms with Gasteiger partial charge in [-0.25, -0.2) is 0 Å². The van der Waals surface area contributed by atoms with Crippen LogP contribution in [0, 0.1) is 5.41 Å². The molecule has 2 saturated heterocycles. The molecule has 0 saturated carbocycles. The van der Waals surface area contributed by atoms with Gasteiger partial charge in [0.25, 0.3) is 0 Å². The summed E-state index contributed by atoms with van der Waals surface area (Å²) in [5.41, 5.74) is 1.39. The van der Waals surface area contributed by atoms with Crippen LogP contribution in [0.2, 0.25) is 0 Å². The van der Waals surface area contributed by atoms with E-state index in [1.54, 1.807) is 6.26 Å². The lowest BCUT2D eigenvalue weighted by Gasteiger charge is -2.43. The van der Waals surface area contributed by atoms with Gasteiger partial charge in [0, 0.05) is 31.2 Å². The van der Waals surface area contributed by atoms with E-state index in [1.807, 2.05) is 24.5 Å². The second-order valence-corrected chi connectivity index (χ2v) is 7.08. The van der Waals surface area contributed by atoms with E-state index >= 15 is 0 Å². The summed E-state index contributed by atoms with van der Waals surface area (Å²) in [5, 5.41) is 0. The lowest BCUT2D eigenvalue weighted by atomic mass is 9.80. The Kier molecular flexibility index (Phi) is 4.54. The molecular formula is C19H25N3O2. The minimum Gasteiger partial charge on any atom is -0.468 e. The molecule has 0 amide bonds. The Hall–Kier alpha value is -1.85. The third kappa shape index (κ3) is 3.47. The maximum absolute atomic E-state index is 6.01. The van der Waals surface area contributed by atoms with Crippen molar-refractivity contribution in [3.05, 3.63) is 48.7 Å². The van der Waals surface area contributed by atoms with Gasteiger partial charge in [0.05, 0.1) is 37.9 Å². The van der Waals surface area contributed by atoms with Crippen molar-refractivity contribution in [3.8, 4) is 0 Å². The zero-order valence-electron chi connectivity index (χ0n) is 14.1. The number of piperidine rings is 1. The standard InChI is InChI=1S/C19H25N3O2/c1-4-17(12-20-7-1)22-9-11-23-16-19(15-22)6-3-8-21(14-19)13-18-5-2-10-24-18/h1-2,4-5,7,10,12H,3,6,8-9,11,13-16H2/t19-/m1/s1. The van der Waals surface area contributed by atoms with Gasteiger partial charge in [-0.05, 0) is 43.7 Å². The van der Waals surface area contributed by atoms with E-state index < -0.39 is 0 Å². The van der Waals surface area contributed by atoms with E-state index in [4.69, 9.17) is 9.15 Å². The van der Waals surface area contributed by atoms with Gasteiger partial charge < -0.3 is 14.1 Å². The Labute approximate surface area is 143 Å². The second-order valence-electron chi connectivity index (χ2n) is 7.08. The average molecular weight is 327 g/mol. The summed E-state index contributed by atoms with van der Waals surface area (Å²) < 4.78 is 11.5. The molecule has 4 heterocycles. The zero-order valence-corrected chi connectivity index (χ0v) is 14.1. The predicted octanol–water partition coefficient (Wildman–Crippen LogP) is 2.79. The molecule has 2 aromatic rings. The molecule has 5 heteroatoms. The largest absolute Gasteiger partial charge is 0.468 e. The topological polar surface area (TPSA) is 41.7 Å². The monoisotopic (exact) mass is 327 g/mol. The first kappa shape index (κ1) is 15.7. The van der Waals surface area contributed by atoms with Crippen LogP contribution in [0.3, 0.4) is 0 Å². The maximum atomic E-state index is 6.01. The van der Waals surface area contributed by atoms with E-state index in [9.17, 15) is 0 Å². The minimum absolute atomic E-state index is 0.192. The number of aromatic nitrogens is 1. The third-order valence-electron chi connectivity index (χ3n) is 5.15. The first-order valence-corrected chi connectivity index (χ1v) is 8.81. The van der Waals surface area contributed by atoms with E-state index in [0.717, 1.165) is 51.7 Å². The summed E-state index contributed by atoms with van der Waals surface area (Å²) in [6.45, 7) is 6.69. The Morgan fingerprint density at radius 3 is 3.00 bits per heavy atom. The Balaban J connectivity index is 1.49. The van der Waals surface area contributed by atoms with Crippen molar-refractivity contribution in [1.82, 2.24) is 9.88 Å². The highest BCUT2D eigenvalue weighted by atomic mass is 16.5. The molecular weight excluding hydrogens is 302 g/mol. The minimum atomic E-state index is 0.192. The van der Waals surface area contributed by atoms with E-state index in [2.05, 4.69) is 26.9 Å². The Bertz CT molecular complexity index is 631. The molecule has 1 atom stereocenters. The van der Waals surface area contributed by atoms with Crippen molar-refractivity contribution in [1.29, 1.82) is 0 Å². The number of hydrogen-bond donors (Lipinski definition) is 0. The number of hydrogen-bond acceptors (Lipinski definition) is 5. The van der Waals surface area contributed by atoms with Crippen LogP contribution in [0.15, 0.2) is 47.3 Å². The first-order valence-electron chi connectivity index (χ1n) is 8.81. The van der Waals surface area contributed by atoms with Gasteiger partial charge in [-0.2, -0.15) is 0 Å². The van der Waals surface area contributed by atoms with Gasteiger partial charge in [0.2, 0.25) is 0 Å². The highest BCUT2D eigenvalue weighted by Crippen LogP contribution is 2.35. The van der Waals surface area contributed by atoms with Crippen LogP contribution in [0.5, 0.6) is 0 Å². The smallest absolute Gasteiger partial charge is 0.117 e. The molecule has 2 aliphatic rings. The molecule has 0 aromatic carbocycles. The number of nitrogens with zero attached hydrogens (tertiary/aromatic N) is 3. The molecule has 0 unspecified atom stereocenters. The molecule has 0 radical (unpaired) electrons. The lowest BCUT2D eigenvalue weighted by molar-refractivity contribution is 0.00881. The van der Waals surface area contributed by atoms with Gasteiger partial charge >= 0.3 is 0 Å². The number of ether oxygens (including phenoxy) is 1. The summed E-state index contributed by atoms with van der Waals surface area (Å²) in [5.74, 6) is 1.05. The van der Waals surface area contributed by atoms with E-state index in [1.165, 1.54) is 18.5 Å². The molecule has 1 spiro atoms. The number of pyridine rings is 1. The molecule has 0 aliphatic carbocycles. The summed E-state index contributed by atoms with van der Waals surface area (Å²) in [6.07, 6.45) is 7.99. The first-order chi connectivity index (χ1) is 11.8. The Morgan fingerprint density at radius 2 is 2.17 bits per heavy atom. The van der Waals surface area contributed by atoms with Crippen molar-refractivity contribution >= 4 is 5.69 Å². The quantitative estimate of drug-likeness (QED) is 0.867. The van der Waals surface area contributed by atoms with Crippen molar-refractivity contribution in [2.24, 2.45) is 5.41 Å². The third-order valence-corrected chi connectivity index (χ3v) is 5.15. The fourth-order valence-corrected chi connectivity index (χ4v) is 4.07. The molecule has 24 heavy (non-hydrogen) atoms. The fraction of sp³-hybridized carbons (Fsp3) is 0.526. The van der Waals surface area contributed by atoms with Gasteiger partial charge in [0.1, 0.15) is 5.76 Å². The number of likely N-dealkylation sites (tertiary alicyclic amines) is 1. The normalized spacial score (nSPS) is 25.8. The predicted molar refractivity (Wildman–Crippen MR) is 92.9 cm³/mol. The fourth-order valence-electron chi connectivity index (χ4n) is 4.07. The van der Waals surface area contributed by atoms with Crippen LogP contribution < -0.4 is 4.90 Å². The van der Waals surface area contributed by atoms with E-state index in [0.29, 0.717) is 0 Å². The number of furan rings is 1. The maximum Gasteiger partial charge on any atom is 0.117 e. The molecule has 0 bridgehead atoms. The van der Waals surface area contributed by atoms with Gasteiger partial charge in [-0.1, -0.05) is 0 Å². The molecule has 0 N–H and O–H groups in total. The van der Waals surface area contributed by atoms with Crippen LogP contribution in [-0.4, -0.2) is 49.3 Å². The van der Waals surface area contributed by atoms with Crippen LogP contribution in [0.25, 0.3) is 0 Å². The molecule has 2 aromatic heterocycles. The highest BCUT2D eigenvalue weighted by molar-refractivity contribution is 5.44. The number of rotatable bonds is 3. The van der Waals surface area contributed by atoms with Crippen LogP contribution in [0.4, 0.5) is 5.69 Å². The van der Waals surface area contributed by atoms with Crippen LogP contribution in [-0.2, 0) is 11.3 Å².